The quantitative estimate of drug-likeness (QED) is 0.421. The van der Waals surface area contributed by atoms with Gasteiger partial charge in [-0.15, -0.1) is 0 Å². The average Bonchev–Trinajstić information content (AvgIpc) is 2.78. The van der Waals surface area contributed by atoms with Gasteiger partial charge < -0.3 is 9.15 Å². The van der Waals surface area contributed by atoms with Gasteiger partial charge in [0.25, 0.3) is 0 Å². The van der Waals surface area contributed by atoms with Crippen molar-refractivity contribution in [1.29, 1.82) is 0 Å². The summed E-state index contributed by atoms with van der Waals surface area (Å²) in [6.07, 6.45) is 1.68. The Balaban J connectivity index is 1.89. The topological polar surface area (TPSA) is 63.8 Å². The number of hydrogen-bond acceptors (Lipinski definition) is 4. The Kier molecular flexibility index (Phi) is 5.80. The predicted octanol–water partition coefficient (Wildman–Crippen LogP) is 3.35. The Labute approximate surface area is 144 Å². The van der Waals surface area contributed by atoms with Crippen LogP contribution in [-0.4, -0.2) is 19.2 Å². The van der Waals surface area contributed by atoms with Gasteiger partial charge in [0, 0.05) is 28.7 Å². The molecule has 1 aromatic heterocycles. The fraction of sp³-hybridized carbons (Fsp3) is 0.143. The van der Waals surface area contributed by atoms with Crippen molar-refractivity contribution in [3.8, 4) is 5.75 Å². The average molecular weight is 463 g/mol. The van der Waals surface area contributed by atoms with Crippen molar-refractivity contribution >= 4 is 50.6 Å². The minimum atomic E-state index is -0.208. The molecule has 0 spiro atoms. The molecular weight excluding hydrogens is 451 g/mol. The van der Waals surface area contributed by atoms with Crippen LogP contribution in [0.5, 0.6) is 5.75 Å². The highest BCUT2D eigenvalue weighted by atomic mass is 127. The molecule has 0 aliphatic carbocycles. The molecule has 0 saturated carbocycles. The van der Waals surface area contributed by atoms with E-state index in [0.717, 1.165) is 19.6 Å². The molecule has 2 rings (SSSR count). The SMILES string of the molecule is COc1cccc(CC(=O)N/N=C/c2cc(Br)c(I)o2)c1. The Hall–Kier alpha value is -1.35. The third-order valence-corrected chi connectivity index (χ3v) is 4.68. The first-order valence-corrected chi connectivity index (χ1v) is 7.85. The van der Waals surface area contributed by atoms with Crippen LogP contribution in [0.3, 0.4) is 0 Å². The van der Waals surface area contributed by atoms with Gasteiger partial charge in [0.2, 0.25) is 5.91 Å². The van der Waals surface area contributed by atoms with E-state index in [2.05, 4.69) is 49.0 Å². The molecule has 0 bridgehead atoms. The largest absolute Gasteiger partial charge is 0.497 e. The van der Waals surface area contributed by atoms with Crippen LogP contribution in [0.2, 0.25) is 0 Å². The molecule has 1 aromatic carbocycles. The minimum absolute atomic E-state index is 0.208. The lowest BCUT2D eigenvalue weighted by Gasteiger charge is -2.03. The zero-order chi connectivity index (χ0) is 15.2. The molecule has 7 heteroatoms. The predicted molar refractivity (Wildman–Crippen MR) is 91.6 cm³/mol. The van der Waals surface area contributed by atoms with Crippen LogP contribution < -0.4 is 10.2 Å². The minimum Gasteiger partial charge on any atom is -0.497 e. The summed E-state index contributed by atoms with van der Waals surface area (Å²) in [6, 6.07) is 9.12. The summed E-state index contributed by atoms with van der Waals surface area (Å²) in [6.45, 7) is 0. The fourth-order valence-corrected chi connectivity index (χ4v) is 2.32. The molecule has 21 heavy (non-hydrogen) atoms. The molecule has 1 N–H and O–H groups in total. The van der Waals surface area contributed by atoms with Gasteiger partial charge in [0.1, 0.15) is 11.5 Å². The van der Waals surface area contributed by atoms with Crippen molar-refractivity contribution in [2.45, 2.75) is 6.42 Å². The molecule has 0 saturated heterocycles. The molecule has 0 atom stereocenters. The molecule has 0 radical (unpaired) electrons. The number of furan rings is 1. The number of hydrogen-bond donors (Lipinski definition) is 1. The van der Waals surface area contributed by atoms with Crippen molar-refractivity contribution < 1.29 is 13.9 Å². The van der Waals surface area contributed by atoms with Gasteiger partial charge in [-0.1, -0.05) is 12.1 Å². The van der Waals surface area contributed by atoms with Gasteiger partial charge in [0.15, 0.2) is 3.77 Å². The monoisotopic (exact) mass is 462 g/mol. The number of rotatable bonds is 5. The molecule has 110 valence electrons. The molecule has 0 aliphatic heterocycles. The van der Waals surface area contributed by atoms with Gasteiger partial charge >= 0.3 is 0 Å². The van der Waals surface area contributed by atoms with E-state index >= 15 is 0 Å². The van der Waals surface area contributed by atoms with E-state index in [-0.39, 0.29) is 12.3 Å². The van der Waals surface area contributed by atoms with Crippen LogP contribution in [0.25, 0.3) is 0 Å². The van der Waals surface area contributed by atoms with Crippen LogP contribution in [0.15, 0.2) is 44.3 Å². The highest BCUT2D eigenvalue weighted by molar-refractivity contribution is 14.1. The van der Waals surface area contributed by atoms with Crippen molar-refractivity contribution in [1.82, 2.24) is 5.43 Å². The molecular formula is C14H12BrIN2O3. The Morgan fingerprint density at radius 3 is 3.00 bits per heavy atom. The Bertz CT molecular complexity index is 650. The Morgan fingerprint density at radius 2 is 2.33 bits per heavy atom. The zero-order valence-electron chi connectivity index (χ0n) is 11.1. The highest BCUT2D eigenvalue weighted by Gasteiger charge is 2.05. The summed E-state index contributed by atoms with van der Waals surface area (Å²) in [4.78, 5) is 11.8. The van der Waals surface area contributed by atoms with Gasteiger partial charge in [0.05, 0.1) is 24.2 Å². The lowest BCUT2D eigenvalue weighted by atomic mass is 10.1. The maximum atomic E-state index is 11.8. The number of halogens is 2. The van der Waals surface area contributed by atoms with Crippen molar-refractivity contribution in [2.75, 3.05) is 7.11 Å². The number of amides is 1. The molecule has 0 aliphatic rings. The number of nitrogens with one attached hydrogen (secondary N) is 1. The van der Waals surface area contributed by atoms with Crippen LogP contribution >= 0.6 is 38.5 Å². The fourth-order valence-electron chi connectivity index (χ4n) is 1.60. The number of hydrazone groups is 1. The summed E-state index contributed by atoms with van der Waals surface area (Å²) in [5.41, 5.74) is 3.32. The van der Waals surface area contributed by atoms with Crippen LogP contribution in [0.1, 0.15) is 11.3 Å². The summed E-state index contributed by atoms with van der Waals surface area (Å²) < 4.78 is 12.1. The second-order valence-electron chi connectivity index (χ2n) is 4.09. The van der Waals surface area contributed by atoms with Crippen molar-refractivity contribution in [3.05, 3.63) is 49.9 Å². The van der Waals surface area contributed by atoms with Gasteiger partial charge in [-0.2, -0.15) is 5.10 Å². The van der Waals surface area contributed by atoms with Crippen LogP contribution in [0, 0.1) is 3.77 Å². The lowest BCUT2D eigenvalue weighted by molar-refractivity contribution is -0.120. The van der Waals surface area contributed by atoms with E-state index in [4.69, 9.17) is 9.15 Å². The number of carbonyl (C=O) groups excluding carboxylic acids is 1. The smallest absolute Gasteiger partial charge is 0.244 e. The van der Waals surface area contributed by atoms with Gasteiger partial charge in [-0.05, 0) is 33.6 Å². The maximum absolute atomic E-state index is 11.8. The first-order chi connectivity index (χ1) is 10.1. The third-order valence-electron chi connectivity index (χ3n) is 2.54. The molecule has 1 amide bonds. The summed E-state index contributed by atoms with van der Waals surface area (Å²) in [5.74, 6) is 1.08. The zero-order valence-corrected chi connectivity index (χ0v) is 14.8. The van der Waals surface area contributed by atoms with E-state index in [1.165, 1.54) is 6.21 Å². The first kappa shape index (κ1) is 16.0. The van der Waals surface area contributed by atoms with Gasteiger partial charge in [-0.25, -0.2) is 5.43 Å². The van der Waals surface area contributed by atoms with E-state index < -0.39 is 0 Å². The van der Waals surface area contributed by atoms with Crippen molar-refractivity contribution in [2.24, 2.45) is 5.10 Å². The summed E-state index contributed by atoms with van der Waals surface area (Å²) in [5, 5.41) is 3.86. The second-order valence-corrected chi connectivity index (χ2v) is 5.93. The summed E-state index contributed by atoms with van der Waals surface area (Å²) >= 11 is 5.39. The van der Waals surface area contributed by atoms with Crippen LogP contribution in [0.4, 0.5) is 0 Å². The lowest BCUT2D eigenvalue weighted by Crippen LogP contribution is -2.19. The highest BCUT2D eigenvalue weighted by Crippen LogP contribution is 2.21. The molecule has 2 aromatic rings. The normalized spacial score (nSPS) is 10.8. The molecule has 5 nitrogen and oxygen atoms in total. The van der Waals surface area contributed by atoms with Crippen molar-refractivity contribution in [3.63, 3.8) is 0 Å². The summed E-state index contributed by atoms with van der Waals surface area (Å²) in [7, 11) is 1.59. The van der Waals surface area contributed by atoms with E-state index in [1.807, 2.05) is 24.3 Å². The van der Waals surface area contributed by atoms with E-state index in [1.54, 1.807) is 13.2 Å². The number of nitrogens with zero attached hydrogens (tertiary/aromatic N) is 1. The first-order valence-electron chi connectivity index (χ1n) is 5.98. The molecule has 1 heterocycles. The van der Waals surface area contributed by atoms with Crippen LogP contribution in [-0.2, 0) is 11.2 Å². The molecule has 0 unspecified atom stereocenters. The number of carbonyl (C=O) groups is 1. The number of methoxy groups -OCH3 is 1. The van der Waals surface area contributed by atoms with E-state index in [9.17, 15) is 4.79 Å². The van der Waals surface area contributed by atoms with E-state index in [0.29, 0.717) is 5.76 Å². The molecule has 0 fully saturated rings. The maximum Gasteiger partial charge on any atom is 0.244 e. The van der Waals surface area contributed by atoms with Gasteiger partial charge in [-0.3, -0.25) is 4.79 Å². The Morgan fingerprint density at radius 1 is 1.52 bits per heavy atom. The second kappa shape index (κ2) is 7.60. The third kappa shape index (κ3) is 4.85. The standard InChI is InChI=1S/C14H12BrIN2O3/c1-20-10-4-2-3-9(5-10)6-13(19)18-17-8-11-7-12(15)14(16)21-11/h2-5,7-8H,6H2,1H3,(H,18,19)/b17-8+. The number of benzene rings is 1. The number of ether oxygens (including phenoxy) is 1.